The molecule has 0 aromatic heterocycles. The molecular weight excluding hydrogens is 230 g/mol. The first-order valence-electron chi connectivity index (χ1n) is 7.05. The number of hydrogen-bond acceptors (Lipinski definition) is 3. The summed E-state index contributed by atoms with van der Waals surface area (Å²) < 4.78 is 5.57. The van der Waals surface area contributed by atoms with Gasteiger partial charge in [0, 0.05) is 38.8 Å². The van der Waals surface area contributed by atoms with Crippen LogP contribution in [0.25, 0.3) is 0 Å². The average Bonchev–Trinajstić information content (AvgIpc) is 2.76. The minimum Gasteiger partial charge on any atom is -0.377 e. The highest BCUT2D eigenvalue weighted by molar-refractivity contribution is 5.76. The van der Waals surface area contributed by atoms with Crippen molar-refractivity contribution >= 4 is 6.03 Å². The molecule has 2 amide bonds. The van der Waals surface area contributed by atoms with Crippen LogP contribution in [0, 0.1) is 0 Å². The van der Waals surface area contributed by atoms with Crippen molar-refractivity contribution in [3.05, 3.63) is 0 Å². The van der Waals surface area contributed by atoms with Gasteiger partial charge in [0.2, 0.25) is 0 Å². The fourth-order valence-corrected chi connectivity index (χ4v) is 2.71. The van der Waals surface area contributed by atoms with Gasteiger partial charge in [-0.2, -0.15) is 0 Å². The van der Waals surface area contributed by atoms with Crippen LogP contribution in [0.1, 0.15) is 26.7 Å². The van der Waals surface area contributed by atoms with E-state index in [1.807, 2.05) is 4.90 Å². The number of nitrogens with zero attached hydrogens (tertiary/aromatic N) is 2. The molecule has 2 rings (SSSR count). The van der Waals surface area contributed by atoms with Crippen molar-refractivity contribution in [2.75, 3.05) is 39.3 Å². The molecule has 2 fully saturated rings. The number of nitrogens with one attached hydrogen (secondary N) is 1. The molecule has 0 spiro atoms. The molecule has 0 atom stereocenters. The van der Waals surface area contributed by atoms with Crippen molar-refractivity contribution < 1.29 is 9.53 Å². The first-order chi connectivity index (χ1) is 8.66. The smallest absolute Gasteiger partial charge is 0.317 e. The molecule has 5 nitrogen and oxygen atoms in total. The van der Waals surface area contributed by atoms with Crippen LogP contribution < -0.4 is 5.32 Å². The highest BCUT2D eigenvalue weighted by atomic mass is 16.5. The number of likely N-dealkylation sites (tertiary alicyclic amines) is 1. The van der Waals surface area contributed by atoms with Gasteiger partial charge in [-0.15, -0.1) is 0 Å². The van der Waals surface area contributed by atoms with Crippen LogP contribution in [-0.4, -0.2) is 67.3 Å². The van der Waals surface area contributed by atoms with E-state index in [4.69, 9.17) is 4.74 Å². The fraction of sp³-hybridized carbons (Fsp3) is 0.923. The number of hydrogen-bond donors (Lipinski definition) is 1. The van der Waals surface area contributed by atoms with E-state index in [0.29, 0.717) is 12.1 Å². The maximum absolute atomic E-state index is 11.6. The molecular formula is C13H25N3O2. The molecule has 2 aliphatic heterocycles. The first-order valence-corrected chi connectivity index (χ1v) is 7.05. The molecule has 0 aromatic carbocycles. The second-order valence-electron chi connectivity index (χ2n) is 5.42. The molecule has 5 heteroatoms. The number of urea groups is 1. The number of piperidine rings is 1. The van der Waals surface area contributed by atoms with Crippen molar-refractivity contribution in [2.45, 2.75) is 38.8 Å². The summed E-state index contributed by atoms with van der Waals surface area (Å²) >= 11 is 0. The lowest BCUT2D eigenvalue weighted by Crippen LogP contribution is -2.46. The van der Waals surface area contributed by atoms with E-state index in [1.54, 1.807) is 0 Å². The van der Waals surface area contributed by atoms with Gasteiger partial charge in [-0.05, 0) is 26.7 Å². The predicted molar refractivity (Wildman–Crippen MR) is 70.7 cm³/mol. The van der Waals surface area contributed by atoms with E-state index in [9.17, 15) is 4.79 Å². The molecule has 1 N–H and O–H groups in total. The minimum absolute atomic E-state index is 0.122. The maximum atomic E-state index is 11.6. The second-order valence-corrected chi connectivity index (χ2v) is 5.42. The summed E-state index contributed by atoms with van der Waals surface area (Å²) in [4.78, 5) is 16.0. The summed E-state index contributed by atoms with van der Waals surface area (Å²) in [5.74, 6) is 0. The average molecular weight is 255 g/mol. The molecule has 2 heterocycles. The van der Waals surface area contributed by atoms with Gasteiger partial charge in [0.25, 0.3) is 0 Å². The summed E-state index contributed by atoms with van der Waals surface area (Å²) in [7, 11) is 0. The van der Waals surface area contributed by atoms with Crippen LogP contribution in [0.15, 0.2) is 0 Å². The van der Waals surface area contributed by atoms with Crippen LogP contribution in [-0.2, 0) is 4.74 Å². The summed E-state index contributed by atoms with van der Waals surface area (Å²) in [5.41, 5.74) is 0. The third kappa shape index (κ3) is 3.59. The highest BCUT2D eigenvalue weighted by Crippen LogP contribution is 2.17. The SMILES string of the molecule is CC(C)OCCN1CCC(N2CCNC2=O)CC1. The molecule has 0 aromatic rings. The van der Waals surface area contributed by atoms with Gasteiger partial charge in [-0.25, -0.2) is 4.79 Å². The minimum atomic E-state index is 0.122. The molecule has 104 valence electrons. The molecule has 18 heavy (non-hydrogen) atoms. The van der Waals surface area contributed by atoms with Gasteiger partial charge in [-0.3, -0.25) is 0 Å². The molecule has 2 saturated heterocycles. The Morgan fingerprint density at radius 2 is 2.06 bits per heavy atom. The van der Waals surface area contributed by atoms with E-state index < -0.39 is 0 Å². The zero-order chi connectivity index (χ0) is 13.0. The van der Waals surface area contributed by atoms with Crippen LogP contribution in [0.4, 0.5) is 4.79 Å². The van der Waals surface area contributed by atoms with Gasteiger partial charge in [0.15, 0.2) is 0 Å². The standard InChI is InChI=1S/C13H25N3O2/c1-11(2)18-10-9-15-6-3-12(4-7-15)16-8-5-14-13(16)17/h11-12H,3-10H2,1-2H3,(H,14,17). The van der Waals surface area contributed by atoms with Crippen molar-refractivity contribution in [2.24, 2.45) is 0 Å². The number of carbonyl (C=O) groups is 1. The summed E-state index contributed by atoms with van der Waals surface area (Å²) in [5, 5.41) is 2.88. The maximum Gasteiger partial charge on any atom is 0.317 e. The zero-order valence-electron chi connectivity index (χ0n) is 11.5. The van der Waals surface area contributed by atoms with E-state index >= 15 is 0 Å². The van der Waals surface area contributed by atoms with Crippen LogP contribution >= 0.6 is 0 Å². The topological polar surface area (TPSA) is 44.8 Å². The quantitative estimate of drug-likeness (QED) is 0.794. The van der Waals surface area contributed by atoms with Crippen molar-refractivity contribution in [1.29, 1.82) is 0 Å². The van der Waals surface area contributed by atoms with Crippen molar-refractivity contribution in [3.63, 3.8) is 0 Å². The highest BCUT2D eigenvalue weighted by Gasteiger charge is 2.30. The lowest BCUT2D eigenvalue weighted by Gasteiger charge is -2.36. The molecule has 0 bridgehead atoms. The van der Waals surface area contributed by atoms with Gasteiger partial charge >= 0.3 is 6.03 Å². The summed E-state index contributed by atoms with van der Waals surface area (Å²) in [6, 6.07) is 0.561. The van der Waals surface area contributed by atoms with E-state index in [2.05, 4.69) is 24.1 Å². The summed E-state index contributed by atoms with van der Waals surface area (Å²) in [6.45, 7) is 9.80. The number of rotatable bonds is 5. The van der Waals surface area contributed by atoms with Gasteiger partial charge < -0.3 is 19.9 Å². The Hall–Kier alpha value is -0.810. The molecule has 0 saturated carbocycles. The number of amides is 2. The van der Waals surface area contributed by atoms with Gasteiger partial charge in [-0.1, -0.05) is 0 Å². The monoisotopic (exact) mass is 255 g/mol. The molecule has 0 unspecified atom stereocenters. The zero-order valence-corrected chi connectivity index (χ0v) is 11.5. The van der Waals surface area contributed by atoms with Gasteiger partial charge in [0.05, 0.1) is 12.7 Å². The Morgan fingerprint density at radius 3 is 2.61 bits per heavy atom. The van der Waals surface area contributed by atoms with Crippen LogP contribution in [0.2, 0.25) is 0 Å². The number of carbonyl (C=O) groups excluding carboxylic acids is 1. The Bertz CT molecular complexity index is 275. The Labute approximate surface area is 109 Å². The number of ether oxygens (including phenoxy) is 1. The Morgan fingerprint density at radius 1 is 1.33 bits per heavy atom. The molecule has 0 radical (unpaired) electrons. The predicted octanol–water partition coefficient (Wildman–Crippen LogP) is 0.901. The van der Waals surface area contributed by atoms with Crippen LogP contribution in [0.3, 0.4) is 0 Å². The van der Waals surface area contributed by atoms with Crippen molar-refractivity contribution in [3.8, 4) is 0 Å². The lowest BCUT2D eigenvalue weighted by atomic mass is 10.0. The molecule has 0 aliphatic carbocycles. The van der Waals surface area contributed by atoms with E-state index in [0.717, 1.165) is 52.2 Å². The summed E-state index contributed by atoms with van der Waals surface area (Å²) in [6.07, 6.45) is 2.50. The Balaban J connectivity index is 1.66. The van der Waals surface area contributed by atoms with Gasteiger partial charge in [0.1, 0.15) is 0 Å². The second kappa shape index (κ2) is 6.38. The lowest BCUT2D eigenvalue weighted by molar-refractivity contribution is 0.0481. The largest absolute Gasteiger partial charge is 0.377 e. The van der Waals surface area contributed by atoms with Crippen LogP contribution in [0.5, 0.6) is 0 Å². The van der Waals surface area contributed by atoms with E-state index in [1.165, 1.54) is 0 Å². The first kappa shape index (κ1) is 13.6. The third-order valence-electron chi connectivity index (χ3n) is 3.75. The molecule has 2 aliphatic rings. The Kier molecular flexibility index (Phi) is 4.83. The normalized spacial score (nSPS) is 22.8. The van der Waals surface area contributed by atoms with Crippen molar-refractivity contribution in [1.82, 2.24) is 15.1 Å². The fourth-order valence-electron chi connectivity index (χ4n) is 2.71. The van der Waals surface area contributed by atoms with E-state index in [-0.39, 0.29) is 6.03 Å². The third-order valence-corrected chi connectivity index (χ3v) is 3.75.